The second-order valence-corrected chi connectivity index (χ2v) is 12.6. The molecule has 6 aromatic rings. The molecular formula is C38H33N3O7S. The molecule has 0 radical (unpaired) electrons. The van der Waals surface area contributed by atoms with E-state index in [1.54, 1.807) is 72.8 Å². The summed E-state index contributed by atoms with van der Waals surface area (Å²) in [5.41, 5.74) is 1.79. The molecule has 11 heteroatoms. The first-order valence-electron chi connectivity index (χ1n) is 15.4. The van der Waals surface area contributed by atoms with Gasteiger partial charge in [-0.05, 0) is 69.6 Å². The highest BCUT2D eigenvalue weighted by Gasteiger charge is 2.40. The molecule has 49 heavy (non-hydrogen) atoms. The van der Waals surface area contributed by atoms with E-state index in [0.717, 1.165) is 21.6 Å². The van der Waals surface area contributed by atoms with Crippen LogP contribution >= 0.6 is 11.3 Å². The molecule has 7 N–H and O–H groups in total. The maximum Gasteiger partial charge on any atom is 0.345 e. The molecule has 0 saturated heterocycles. The van der Waals surface area contributed by atoms with Crippen molar-refractivity contribution in [1.82, 2.24) is 15.6 Å². The molecule has 6 rings (SSSR count). The summed E-state index contributed by atoms with van der Waals surface area (Å²) in [4.78, 5) is 40.3. The number of hydrogen-bond donors (Lipinski definition) is 7. The van der Waals surface area contributed by atoms with Crippen LogP contribution in [0, 0.1) is 0 Å². The minimum Gasteiger partial charge on any atom is -0.506 e. The Bertz CT molecular complexity index is 2180. The van der Waals surface area contributed by atoms with Gasteiger partial charge >= 0.3 is 5.97 Å². The van der Waals surface area contributed by atoms with Crippen molar-refractivity contribution in [1.29, 1.82) is 0 Å². The van der Waals surface area contributed by atoms with Gasteiger partial charge in [0.15, 0.2) is 0 Å². The Morgan fingerprint density at radius 1 is 0.837 bits per heavy atom. The lowest BCUT2D eigenvalue weighted by molar-refractivity contribution is -0.155. The fourth-order valence-electron chi connectivity index (χ4n) is 5.70. The predicted molar refractivity (Wildman–Crippen MR) is 187 cm³/mol. The van der Waals surface area contributed by atoms with E-state index in [1.165, 1.54) is 23.5 Å². The van der Waals surface area contributed by atoms with Crippen molar-refractivity contribution in [2.75, 3.05) is 6.54 Å². The molecule has 0 bridgehead atoms. The third kappa shape index (κ3) is 7.15. The number of aliphatic hydroxyl groups is 2. The summed E-state index contributed by atoms with van der Waals surface area (Å²) in [6.07, 6.45) is -0.886. The number of thiophene rings is 1. The Morgan fingerprint density at radius 3 is 2.35 bits per heavy atom. The van der Waals surface area contributed by atoms with Crippen LogP contribution in [0.5, 0.6) is 5.75 Å². The summed E-state index contributed by atoms with van der Waals surface area (Å²) in [5.74, 6) is -1.68. The maximum absolute atomic E-state index is 12.9. The average Bonchev–Trinajstić information content (AvgIpc) is 3.60. The predicted octanol–water partition coefficient (Wildman–Crippen LogP) is 5.04. The largest absolute Gasteiger partial charge is 0.506 e. The first-order valence-corrected chi connectivity index (χ1v) is 16.3. The number of aromatic hydroxyl groups is 1. The monoisotopic (exact) mass is 675 g/mol. The molecule has 0 aliphatic rings. The zero-order chi connectivity index (χ0) is 34.5. The van der Waals surface area contributed by atoms with Crippen molar-refractivity contribution >= 4 is 34.1 Å². The van der Waals surface area contributed by atoms with E-state index in [0.29, 0.717) is 29.6 Å². The summed E-state index contributed by atoms with van der Waals surface area (Å²) in [5, 5.41) is 50.7. The number of carboxylic acid groups (broad SMARTS) is 1. The van der Waals surface area contributed by atoms with Gasteiger partial charge in [-0.2, -0.15) is 0 Å². The molecule has 2 atom stereocenters. The third-order valence-electron chi connectivity index (χ3n) is 8.34. The highest BCUT2D eigenvalue weighted by Crippen LogP contribution is 2.34. The van der Waals surface area contributed by atoms with Crippen molar-refractivity contribution in [2.45, 2.75) is 24.8 Å². The summed E-state index contributed by atoms with van der Waals surface area (Å²) in [6.45, 7) is 0.968. The van der Waals surface area contributed by atoms with Gasteiger partial charge in [0.05, 0.1) is 18.2 Å². The van der Waals surface area contributed by atoms with Gasteiger partial charge in [-0.25, -0.2) is 4.79 Å². The SMILES string of the molecule is O=C(NCc1cc(-c2cccc([C@](O)(C(=O)O)c3ccccc3)c2)cs1)c1ccc(CNC[C@H](O)c2ccc(O)c3[nH]c(=O)ccc23)cc1. The van der Waals surface area contributed by atoms with Gasteiger partial charge in [-0.3, -0.25) is 9.59 Å². The molecule has 2 aromatic heterocycles. The number of carbonyl (C=O) groups excluding carboxylic acids is 1. The lowest BCUT2D eigenvalue weighted by Crippen LogP contribution is -2.36. The van der Waals surface area contributed by atoms with Crippen LogP contribution in [0.15, 0.2) is 119 Å². The van der Waals surface area contributed by atoms with Crippen LogP contribution in [0.3, 0.4) is 0 Å². The zero-order valence-electron chi connectivity index (χ0n) is 26.1. The number of amides is 1. The second-order valence-electron chi connectivity index (χ2n) is 11.6. The fourth-order valence-corrected chi connectivity index (χ4v) is 6.53. The number of phenols is 1. The first kappa shape index (κ1) is 33.3. The van der Waals surface area contributed by atoms with Gasteiger partial charge in [0.2, 0.25) is 11.2 Å². The average molecular weight is 676 g/mol. The molecule has 10 nitrogen and oxygen atoms in total. The van der Waals surface area contributed by atoms with Crippen LogP contribution in [0.25, 0.3) is 22.0 Å². The normalized spacial score (nSPS) is 13.1. The molecule has 4 aromatic carbocycles. The van der Waals surface area contributed by atoms with E-state index in [-0.39, 0.29) is 40.4 Å². The van der Waals surface area contributed by atoms with Crippen LogP contribution in [-0.4, -0.2) is 43.8 Å². The molecule has 0 fully saturated rings. The summed E-state index contributed by atoms with van der Waals surface area (Å²) >= 11 is 1.46. The summed E-state index contributed by atoms with van der Waals surface area (Å²) in [7, 11) is 0. The number of nitrogens with one attached hydrogen (secondary N) is 3. The summed E-state index contributed by atoms with van der Waals surface area (Å²) < 4.78 is 0. The molecular weight excluding hydrogens is 642 g/mol. The lowest BCUT2D eigenvalue weighted by atomic mass is 9.85. The number of fused-ring (bicyclic) bond motifs is 1. The molecule has 0 aliphatic heterocycles. The Balaban J connectivity index is 1.03. The molecule has 1 amide bonds. The highest BCUT2D eigenvalue weighted by molar-refractivity contribution is 7.10. The molecule has 0 saturated carbocycles. The number of rotatable bonds is 12. The number of aromatic amines is 1. The van der Waals surface area contributed by atoms with Crippen LogP contribution in [0.4, 0.5) is 0 Å². The third-order valence-corrected chi connectivity index (χ3v) is 9.28. The van der Waals surface area contributed by atoms with Crippen LogP contribution in [0.1, 0.15) is 43.6 Å². The minimum atomic E-state index is -2.20. The van der Waals surface area contributed by atoms with Crippen LogP contribution in [-0.2, 0) is 23.5 Å². The Labute approximate surface area is 285 Å². The van der Waals surface area contributed by atoms with Gasteiger partial charge in [0, 0.05) is 40.5 Å². The van der Waals surface area contributed by atoms with Crippen molar-refractivity contribution in [3.8, 4) is 16.9 Å². The minimum absolute atomic E-state index is 0.0695. The van der Waals surface area contributed by atoms with Crippen molar-refractivity contribution < 1.29 is 30.0 Å². The van der Waals surface area contributed by atoms with Gasteiger partial charge < -0.3 is 36.0 Å². The highest BCUT2D eigenvalue weighted by atomic mass is 32.1. The fraction of sp³-hybridized carbons (Fsp3) is 0.132. The topological polar surface area (TPSA) is 172 Å². The number of aromatic nitrogens is 1. The van der Waals surface area contributed by atoms with Crippen LogP contribution < -0.4 is 16.2 Å². The van der Waals surface area contributed by atoms with Crippen molar-refractivity contribution in [2.24, 2.45) is 0 Å². The summed E-state index contributed by atoms with van der Waals surface area (Å²) in [6, 6.07) is 30.1. The van der Waals surface area contributed by atoms with E-state index in [4.69, 9.17) is 0 Å². The van der Waals surface area contributed by atoms with E-state index in [2.05, 4.69) is 15.6 Å². The number of H-pyrrole nitrogens is 1. The molecule has 2 heterocycles. The standard InChI is InChI=1S/C38H33N3O7S/c42-32-15-13-30(31-14-16-34(44)41-35(31)32)33(43)21-39-19-23-9-11-24(12-10-23)36(45)40-20-29-18-26(22-49-29)25-5-4-8-28(17-25)38(48,37(46)47)27-6-2-1-3-7-27/h1-18,22,33,39,42-43,48H,19-21H2,(H,40,45)(H,41,44)(H,46,47)/t33-,38-/m0/s1. The lowest BCUT2D eigenvalue weighted by Gasteiger charge is -2.25. The van der Waals surface area contributed by atoms with Gasteiger partial charge in [0.1, 0.15) is 5.75 Å². The number of hydrogen-bond acceptors (Lipinski definition) is 8. The zero-order valence-corrected chi connectivity index (χ0v) is 26.9. The molecule has 0 spiro atoms. The molecule has 0 unspecified atom stereocenters. The smallest absolute Gasteiger partial charge is 0.345 e. The van der Waals surface area contributed by atoms with Crippen molar-refractivity contribution in [3.05, 3.63) is 158 Å². The van der Waals surface area contributed by atoms with Crippen LogP contribution in [0.2, 0.25) is 0 Å². The van der Waals surface area contributed by atoms with E-state index < -0.39 is 17.7 Å². The molecule has 0 aliphatic carbocycles. The molecule has 248 valence electrons. The van der Waals surface area contributed by atoms with E-state index in [1.807, 2.05) is 29.6 Å². The second kappa shape index (κ2) is 14.3. The number of pyridine rings is 1. The van der Waals surface area contributed by atoms with Gasteiger partial charge in [0.25, 0.3) is 5.91 Å². The van der Waals surface area contributed by atoms with E-state index in [9.17, 15) is 34.8 Å². The number of aliphatic carboxylic acids is 1. The van der Waals surface area contributed by atoms with Gasteiger partial charge in [-0.15, -0.1) is 11.3 Å². The maximum atomic E-state index is 12.9. The number of aliphatic hydroxyl groups excluding tert-OH is 1. The first-order chi connectivity index (χ1) is 23.6. The number of phenolic OH excluding ortho intramolecular Hbond substituents is 1. The van der Waals surface area contributed by atoms with E-state index >= 15 is 0 Å². The Hall–Kier alpha value is -5.59. The quantitative estimate of drug-likeness (QED) is 0.0946. The van der Waals surface area contributed by atoms with Gasteiger partial charge in [-0.1, -0.05) is 66.7 Å². The number of carbonyl (C=O) groups is 2. The number of carboxylic acids is 1. The van der Waals surface area contributed by atoms with Crippen molar-refractivity contribution in [3.63, 3.8) is 0 Å². The number of benzene rings is 4. The Morgan fingerprint density at radius 2 is 1.59 bits per heavy atom. The Kier molecular flexibility index (Phi) is 9.70.